The highest BCUT2D eigenvalue weighted by molar-refractivity contribution is 6.29. The highest BCUT2D eigenvalue weighted by Gasteiger charge is 2.16. The molecule has 0 unspecified atom stereocenters. The van der Waals surface area contributed by atoms with Crippen LogP contribution in [0.1, 0.15) is 0 Å². The summed E-state index contributed by atoms with van der Waals surface area (Å²) in [4.78, 5) is 14.1. The van der Waals surface area contributed by atoms with Gasteiger partial charge in [0.25, 0.3) is 0 Å². The Morgan fingerprint density at radius 2 is 2.05 bits per heavy atom. The second-order valence-electron chi connectivity index (χ2n) is 3.59. The molecule has 2 rings (SSSR count). The number of nitrogens with zero attached hydrogens (tertiary/aromatic N) is 1. The van der Waals surface area contributed by atoms with E-state index in [1.807, 2.05) is 0 Å². The fourth-order valence-corrected chi connectivity index (χ4v) is 1.56. The van der Waals surface area contributed by atoms with Gasteiger partial charge in [-0.05, 0) is 18.2 Å². The van der Waals surface area contributed by atoms with Gasteiger partial charge in [0.15, 0.2) is 11.6 Å². The molecule has 2 aromatic rings. The fraction of sp³-hybridized carbons (Fsp3) is 0. The van der Waals surface area contributed by atoms with E-state index in [0.717, 1.165) is 12.1 Å². The summed E-state index contributed by atoms with van der Waals surface area (Å²) < 4.78 is 32.4. The highest BCUT2D eigenvalue weighted by atomic mass is 35.5. The molecule has 20 heavy (non-hydrogen) atoms. The van der Waals surface area contributed by atoms with Gasteiger partial charge < -0.3 is 9.84 Å². The Bertz CT molecular complexity index is 667. The van der Waals surface area contributed by atoms with Crippen LogP contribution in [-0.2, 0) is 0 Å². The second kappa shape index (κ2) is 5.70. The molecule has 0 bridgehead atoms. The number of rotatable bonds is 3. The molecule has 104 valence electrons. The number of carbonyl (C=O) groups is 1. The zero-order valence-corrected chi connectivity index (χ0v) is 10.5. The molecule has 0 atom stereocenters. The van der Waals surface area contributed by atoms with Gasteiger partial charge in [-0.15, -0.1) is 0 Å². The Morgan fingerprint density at radius 1 is 1.30 bits per heavy atom. The molecule has 1 aromatic heterocycles. The van der Waals surface area contributed by atoms with E-state index in [4.69, 9.17) is 21.4 Å². The van der Waals surface area contributed by atoms with Crippen LogP contribution in [0, 0.1) is 11.6 Å². The van der Waals surface area contributed by atoms with Gasteiger partial charge in [0.1, 0.15) is 10.9 Å². The minimum atomic E-state index is -1.50. The van der Waals surface area contributed by atoms with E-state index in [2.05, 4.69) is 4.98 Å². The topological polar surface area (TPSA) is 71.5 Å². The summed E-state index contributed by atoms with van der Waals surface area (Å²) in [5.74, 6) is -2.91. The van der Waals surface area contributed by atoms with Crippen LogP contribution in [0.2, 0.25) is 5.15 Å². The molecule has 1 aromatic carbocycles. The van der Waals surface area contributed by atoms with Gasteiger partial charge in [-0.2, -0.15) is 4.39 Å². The normalized spacial score (nSPS) is 10.2. The van der Waals surface area contributed by atoms with E-state index in [1.165, 1.54) is 18.3 Å². The first-order valence-electron chi connectivity index (χ1n) is 5.24. The number of amides is 1. The third-order valence-electron chi connectivity index (χ3n) is 2.21. The zero-order valence-electron chi connectivity index (χ0n) is 9.73. The summed E-state index contributed by atoms with van der Waals surface area (Å²) in [7, 11) is 0. The van der Waals surface area contributed by atoms with E-state index in [-0.39, 0.29) is 10.9 Å². The number of nitrogens with one attached hydrogen (secondary N) is 1. The molecular formula is C12H7ClF2N2O3. The molecular weight excluding hydrogens is 294 g/mol. The van der Waals surface area contributed by atoms with Crippen molar-refractivity contribution in [3.8, 4) is 11.5 Å². The highest BCUT2D eigenvalue weighted by Crippen LogP contribution is 2.30. The Morgan fingerprint density at radius 3 is 2.70 bits per heavy atom. The first kappa shape index (κ1) is 14.0. The maximum Gasteiger partial charge on any atom is 0.409 e. The third kappa shape index (κ3) is 3.12. The fourth-order valence-electron chi connectivity index (χ4n) is 1.40. The number of hydrogen-bond acceptors (Lipinski definition) is 3. The zero-order chi connectivity index (χ0) is 14.7. The largest absolute Gasteiger partial charge is 0.465 e. The van der Waals surface area contributed by atoms with Crippen LogP contribution in [0.5, 0.6) is 11.5 Å². The quantitative estimate of drug-likeness (QED) is 0.843. The van der Waals surface area contributed by atoms with Gasteiger partial charge in [-0.25, -0.2) is 14.2 Å². The Kier molecular flexibility index (Phi) is 3.99. The number of anilines is 1. The first-order chi connectivity index (χ1) is 9.47. The minimum absolute atomic E-state index is 0.132. The lowest BCUT2D eigenvalue weighted by atomic mass is 10.2. The Labute approximate surface area is 116 Å². The van der Waals surface area contributed by atoms with Gasteiger partial charge in [0.2, 0.25) is 5.82 Å². The van der Waals surface area contributed by atoms with Crippen molar-refractivity contribution in [2.75, 3.05) is 5.32 Å². The predicted molar refractivity (Wildman–Crippen MR) is 67.3 cm³/mol. The molecule has 1 amide bonds. The maximum atomic E-state index is 13.7. The number of benzene rings is 1. The van der Waals surface area contributed by atoms with Crippen LogP contribution in [0.4, 0.5) is 19.3 Å². The molecule has 0 saturated heterocycles. The lowest BCUT2D eigenvalue weighted by Crippen LogP contribution is -2.09. The van der Waals surface area contributed by atoms with Crippen molar-refractivity contribution < 1.29 is 23.4 Å². The molecule has 0 fully saturated rings. The van der Waals surface area contributed by atoms with Gasteiger partial charge in [-0.3, -0.25) is 5.32 Å². The molecule has 2 N–H and O–H groups in total. The number of ether oxygens (including phenoxy) is 1. The minimum Gasteiger partial charge on any atom is -0.465 e. The van der Waals surface area contributed by atoms with Crippen LogP contribution in [0.3, 0.4) is 0 Å². The van der Waals surface area contributed by atoms with Crippen LogP contribution in [0.25, 0.3) is 0 Å². The standard InChI is InChI=1S/C12H7ClF2N2O3/c13-9-5-6(3-4-16-9)20-8-2-1-7(17-12(18)19)10(14)11(8)15/h1-5,17H,(H,18,19). The van der Waals surface area contributed by atoms with Crippen LogP contribution < -0.4 is 10.1 Å². The van der Waals surface area contributed by atoms with Gasteiger partial charge >= 0.3 is 6.09 Å². The number of halogens is 3. The SMILES string of the molecule is O=C(O)Nc1ccc(Oc2ccnc(Cl)c2)c(F)c1F. The second-order valence-corrected chi connectivity index (χ2v) is 3.97. The van der Waals surface area contributed by atoms with Crippen molar-refractivity contribution in [1.29, 1.82) is 0 Å². The molecule has 0 aliphatic carbocycles. The van der Waals surface area contributed by atoms with Gasteiger partial charge in [0, 0.05) is 12.3 Å². The maximum absolute atomic E-state index is 13.7. The van der Waals surface area contributed by atoms with Crippen LogP contribution in [0.15, 0.2) is 30.5 Å². The Balaban J connectivity index is 2.30. The third-order valence-corrected chi connectivity index (χ3v) is 2.42. The van der Waals surface area contributed by atoms with Crippen LogP contribution in [-0.4, -0.2) is 16.2 Å². The molecule has 5 nitrogen and oxygen atoms in total. The van der Waals surface area contributed by atoms with E-state index >= 15 is 0 Å². The predicted octanol–water partition coefficient (Wildman–Crippen LogP) is 3.90. The molecule has 0 radical (unpaired) electrons. The molecule has 0 spiro atoms. The first-order valence-corrected chi connectivity index (χ1v) is 5.62. The van der Waals surface area contributed by atoms with Crippen molar-refractivity contribution in [2.24, 2.45) is 0 Å². The number of carboxylic acid groups (broad SMARTS) is 1. The lowest BCUT2D eigenvalue weighted by Gasteiger charge is -2.09. The summed E-state index contributed by atoms with van der Waals surface area (Å²) in [5, 5.41) is 10.3. The van der Waals surface area contributed by atoms with Gasteiger partial charge in [0.05, 0.1) is 5.69 Å². The average molecular weight is 301 g/mol. The van der Waals surface area contributed by atoms with Crippen LogP contribution >= 0.6 is 11.6 Å². The number of pyridine rings is 1. The van der Waals surface area contributed by atoms with Crippen molar-refractivity contribution in [1.82, 2.24) is 4.98 Å². The van der Waals surface area contributed by atoms with Crippen molar-refractivity contribution in [3.05, 3.63) is 47.2 Å². The lowest BCUT2D eigenvalue weighted by molar-refractivity contribution is 0.209. The van der Waals surface area contributed by atoms with Gasteiger partial charge in [-0.1, -0.05) is 11.6 Å². The van der Waals surface area contributed by atoms with Crippen molar-refractivity contribution in [3.63, 3.8) is 0 Å². The molecule has 0 saturated carbocycles. The number of hydrogen-bond donors (Lipinski definition) is 2. The summed E-state index contributed by atoms with van der Waals surface area (Å²) in [6.45, 7) is 0. The molecule has 8 heteroatoms. The monoisotopic (exact) mass is 300 g/mol. The van der Waals surface area contributed by atoms with E-state index in [1.54, 1.807) is 5.32 Å². The van der Waals surface area contributed by atoms with Crippen molar-refractivity contribution in [2.45, 2.75) is 0 Å². The summed E-state index contributed by atoms with van der Waals surface area (Å²) in [6, 6.07) is 4.87. The van der Waals surface area contributed by atoms with Crippen molar-refractivity contribution >= 4 is 23.4 Å². The molecule has 0 aliphatic rings. The van der Waals surface area contributed by atoms with E-state index in [0.29, 0.717) is 0 Å². The Hall–Kier alpha value is -2.41. The summed E-state index contributed by atoms with van der Waals surface area (Å²) in [6.07, 6.45) is -0.162. The van der Waals surface area contributed by atoms with E-state index < -0.39 is 29.2 Å². The summed E-state index contributed by atoms with van der Waals surface area (Å²) >= 11 is 5.63. The summed E-state index contributed by atoms with van der Waals surface area (Å²) in [5.41, 5.74) is -0.505. The average Bonchev–Trinajstić information content (AvgIpc) is 2.38. The van der Waals surface area contributed by atoms with E-state index in [9.17, 15) is 13.6 Å². The molecule has 0 aliphatic heterocycles. The smallest absolute Gasteiger partial charge is 0.409 e. The molecule has 1 heterocycles. The number of aromatic nitrogens is 1.